The quantitative estimate of drug-likeness (QED) is 0.821. The van der Waals surface area contributed by atoms with Gasteiger partial charge < -0.3 is 4.90 Å². The van der Waals surface area contributed by atoms with Gasteiger partial charge in [-0.05, 0) is 38.2 Å². The van der Waals surface area contributed by atoms with E-state index in [9.17, 15) is 9.59 Å². The van der Waals surface area contributed by atoms with Gasteiger partial charge in [-0.3, -0.25) is 9.59 Å². The summed E-state index contributed by atoms with van der Waals surface area (Å²) in [6.45, 7) is 3.16. The van der Waals surface area contributed by atoms with E-state index in [0.29, 0.717) is 29.1 Å². The molecule has 2 aliphatic rings. The Morgan fingerprint density at radius 2 is 1.81 bits per heavy atom. The minimum atomic E-state index is -0.121. The first-order chi connectivity index (χ1) is 13.2. The Morgan fingerprint density at radius 3 is 2.56 bits per heavy atom. The fourth-order valence-electron chi connectivity index (χ4n) is 4.90. The zero-order valence-electron chi connectivity index (χ0n) is 16.2. The van der Waals surface area contributed by atoms with E-state index in [0.717, 1.165) is 31.7 Å². The number of amides is 1. The third kappa shape index (κ3) is 3.52. The van der Waals surface area contributed by atoms with Crippen LogP contribution in [0.3, 0.4) is 0 Å². The van der Waals surface area contributed by atoms with Crippen LogP contribution in [-0.4, -0.2) is 33.2 Å². The van der Waals surface area contributed by atoms with Crippen LogP contribution in [0.1, 0.15) is 68.8 Å². The van der Waals surface area contributed by atoms with E-state index in [-0.39, 0.29) is 11.5 Å². The summed E-state index contributed by atoms with van der Waals surface area (Å²) in [5.41, 5.74) is 0.312. The smallest absolute Gasteiger partial charge is 0.275 e. The molecule has 2 aromatic rings. The molecule has 0 spiro atoms. The van der Waals surface area contributed by atoms with E-state index in [2.05, 4.69) is 5.10 Å². The van der Waals surface area contributed by atoms with Crippen molar-refractivity contribution in [3.8, 4) is 0 Å². The van der Waals surface area contributed by atoms with Crippen molar-refractivity contribution in [1.29, 1.82) is 0 Å². The Labute approximate surface area is 160 Å². The van der Waals surface area contributed by atoms with Crippen molar-refractivity contribution in [2.45, 2.75) is 70.9 Å². The third-order valence-electron chi connectivity index (χ3n) is 6.34. The molecule has 1 saturated heterocycles. The number of rotatable bonds is 4. The molecule has 0 N–H and O–H groups in total. The molecule has 1 aromatic heterocycles. The molecular weight excluding hydrogens is 338 g/mol. The lowest BCUT2D eigenvalue weighted by molar-refractivity contribution is 0.0705. The molecule has 4 rings (SSSR count). The predicted molar refractivity (Wildman–Crippen MR) is 107 cm³/mol. The maximum absolute atomic E-state index is 13.4. The van der Waals surface area contributed by atoms with E-state index in [4.69, 9.17) is 0 Å². The first kappa shape index (κ1) is 18.2. The van der Waals surface area contributed by atoms with Crippen molar-refractivity contribution in [1.82, 2.24) is 14.7 Å². The molecule has 1 aliphatic heterocycles. The van der Waals surface area contributed by atoms with Gasteiger partial charge in [0.2, 0.25) is 0 Å². The van der Waals surface area contributed by atoms with Gasteiger partial charge in [0.05, 0.1) is 5.39 Å². The number of nitrogens with zero attached hydrogens (tertiary/aromatic N) is 3. The monoisotopic (exact) mass is 367 g/mol. The fourth-order valence-corrected chi connectivity index (χ4v) is 4.90. The van der Waals surface area contributed by atoms with Crippen LogP contribution in [0.25, 0.3) is 10.8 Å². The lowest BCUT2D eigenvalue weighted by Crippen LogP contribution is -2.38. The van der Waals surface area contributed by atoms with Crippen LogP contribution in [0.5, 0.6) is 0 Å². The van der Waals surface area contributed by atoms with Gasteiger partial charge >= 0.3 is 0 Å². The molecule has 27 heavy (non-hydrogen) atoms. The second-order valence-corrected chi connectivity index (χ2v) is 8.05. The fraction of sp³-hybridized carbons (Fsp3) is 0.591. The van der Waals surface area contributed by atoms with Gasteiger partial charge in [-0.2, -0.15) is 5.10 Å². The van der Waals surface area contributed by atoms with E-state index < -0.39 is 0 Å². The molecule has 1 saturated carbocycles. The Bertz CT molecular complexity index is 883. The van der Waals surface area contributed by atoms with Crippen LogP contribution in [0, 0.1) is 5.92 Å². The largest absolute Gasteiger partial charge is 0.334 e. The number of hydrogen-bond donors (Lipinski definition) is 0. The molecule has 2 heterocycles. The molecule has 1 aliphatic carbocycles. The Balaban J connectivity index is 1.65. The molecule has 1 atom stereocenters. The highest BCUT2D eigenvalue weighted by Crippen LogP contribution is 2.33. The number of aromatic nitrogens is 2. The van der Waals surface area contributed by atoms with Gasteiger partial charge in [-0.1, -0.05) is 50.3 Å². The number of likely N-dealkylation sites (tertiary alicyclic amines) is 1. The third-order valence-corrected chi connectivity index (χ3v) is 6.34. The Kier molecular flexibility index (Phi) is 5.28. The minimum absolute atomic E-state index is 0.00768. The van der Waals surface area contributed by atoms with Crippen LogP contribution in [0.4, 0.5) is 0 Å². The first-order valence-corrected chi connectivity index (χ1v) is 10.5. The number of aryl methyl sites for hydroxylation is 1. The van der Waals surface area contributed by atoms with Gasteiger partial charge in [0.25, 0.3) is 11.5 Å². The van der Waals surface area contributed by atoms with Gasteiger partial charge in [0.1, 0.15) is 0 Å². The lowest BCUT2D eigenvalue weighted by Gasteiger charge is -2.30. The SMILES string of the molecule is CCn1nc(C(=O)N2CCC[C@H]2CC2CCCCC2)c2ccccc2c1=O. The molecule has 1 amide bonds. The Hall–Kier alpha value is -2.17. The number of benzene rings is 1. The minimum Gasteiger partial charge on any atom is -0.334 e. The highest BCUT2D eigenvalue weighted by Gasteiger charge is 2.33. The molecule has 5 nitrogen and oxygen atoms in total. The van der Waals surface area contributed by atoms with Crippen molar-refractivity contribution >= 4 is 16.7 Å². The van der Waals surface area contributed by atoms with Crippen molar-refractivity contribution in [2.24, 2.45) is 5.92 Å². The van der Waals surface area contributed by atoms with Crippen molar-refractivity contribution in [2.75, 3.05) is 6.54 Å². The summed E-state index contributed by atoms with van der Waals surface area (Å²) >= 11 is 0. The summed E-state index contributed by atoms with van der Waals surface area (Å²) in [6, 6.07) is 7.69. The second-order valence-electron chi connectivity index (χ2n) is 8.05. The highest BCUT2D eigenvalue weighted by molar-refractivity contribution is 6.05. The topological polar surface area (TPSA) is 55.2 Å². The number of hydrogen-bond acceptors (Lipinski definition) is 3. The number of carbonyl (C=O) groups excluding carboxylic acids is 1. The van der Waals surface area contributed by atoms with Crippen LogP contribution in [-0.2, 0) is 6.54 Å². The lowest BCUT2D eigenvalue weighted by atomic mass is 9.84. The maximum Gasteiger partial charge on any atom is 0.275 e. The van der Waals surface area contributed by atoms with Crippen molar-refractivity contribution in [3.05, 3.63) is 40.3 Å². The first-order valence-electron chi connectivity index (χ1n) is 10.5. The van der Waals surface area contributed by atoms with Gasteiger partial charge in [0.15, 0.2) is 5.69 Å². The molecule has 0 radical (unpaired) electrons. The molecular formula is C22H29N3O2. The normalized spacial score (nSPS) is 21.1. The predicted octanol–water partition coefficient (Wildman–Crippen LogP) is 3.99. The zero-order chi connectivity index (χ0) is 18.8. The average molecular weight is 367 g/mol. The summed E-state index contributed by atoms with van der Waals surface area (Å²) in [5.74, 6) is 0.748. The molecule has 0 bridgehead atoms. The molecule has 5 heteroatoms. The Morgan fingerprint density at radius 1 is 1.07 bits per heavy atom. The van der Waals surface area contributed by atoms with Crippen LogP contribution in [0.15, 0.2) is 29.1 Å². The van der Waals surface area contributed by atoms with E-state index in [1.54, 1.807) is 6.07 Å². The molecule has 0 unspecified atom stereocenters. The molecule has 2 fully saturated rings. The van der Waals surface area contributed by atoms with Gasteiger partial charge in [0, 0.05) is 24.5 Å². The standard InChI is InChI=1S/C22H29N3O2/c1-2-25-21(26)19-13-7-6-12-18(19)20(23-25)22(27)24-14-8-11-17(24)15-16-9-4-3-5-10-16/h6-7,12-13,16-17H,2-5,8-11,14-15H2,1H3/t17-/m0/s1. The van der Waals surface area contributed by atoms with Crippen molar-refractivity contribution < 1.29 is 4.79 Å². The van der Waals surface area contributed by atoms with Crippen LogP contribution >= 0.6 is 0 Å². The van der Waals surface area contributed by atoms with Gasteiger partial charge in [-0.15, -0.1) is 0 Å². The maximum atomic E-state index is 13.4. The summed E-state index contributed by atoms with van der Waals surface area (Å²) in [6.07, 6.45) is 9.91. The van der Waals surface area contributed by atoms with E-state index >= 15 is 0 Å². The van der Waals surface area contributed by atoms with Crippen LogP contribution < -0.4 is 5.56 Å². The summed E-state index contributed by atoms with van der Waals surface area (Å²) in [5, 5.41) is 5.72. The van der Waals surface area contributed by atoms with Crippen molar-refractivity contribution in [3.63, 3.8) is 0 Å². The number of fused-ring (bicyclic) bond motifs is 1. The van der Waals surface area contributed by atoms with Crippen LogP contribution in [0.2, 0.25) is 0 Å². The highest BCUT2D eigenvalue weighted by atomic mass is 16.2. The average Bonchev–Trinajstić information content (AvgIpc) is 3.17. The number of carbonyl (C=O) groups is 1. The summed E-state index contributed by atoms with van der Waals surface area (Å²) in [7, 11) is 0. The molecule has 144 valence electrons. The van der Waals surface area contributed by atoms with Gasteiger partial charge in [-0.25, -0.2) is 4.68 Å². The van der Waals surface area contributed by atoms with E-state index in [1.165, 1.54) is 36.8 Å². The summed E-state index contributed by atoms with van der Waals surface area (Å²) in [4.78, 5) is 28.0. The second kappa shape index (κ2) is 7.83. The zero-order valence-corrected chi connectivity index (χ0v) is 16.2. The van der Waals surface area contributed by atoms with E-state index in [1.807, 2.05) is 30.0 Å². The molecule has 1 aromatic carbocycles. The summed E-state index contributed by atoms with van der Waals surface area (Å²) < 4.78 is 1.42.